The van der Waals surface area contributed by atoms with Crippen LogP contribution in [-0.4, -0.2) is 82.2 Å². The number of hydrogen-bond donors (Lipinski definition) is 0. The number of hydrogen-bond acceptors (Lipinski definition) is 9. The standard InChI is InChI=1S/C48H82NO9P/c1-6-8-10-11-12-13-14-15-16-17-18-19-20-24-27-30-34-38-47(50)54-42-44(43-56-59(52,53)55-41-40-49(3,4)5)57-48(51)39-35-31-28-25-22-21-23-26-29-33-37-46-45(58-46)36-32-9-7-2/h15-16,18-19,21,23-25,27-29,33,44-46H,6-14,17,20,22,26,30-32,34-43H2,1-5H3/b16-15-,19-18-,23-21-,27-24-,28-25-,33-29-/t44-,45?,46?/m1/s1. The van der Waals surface area contributed by atoms with Gasteiger partial charge in [0.15, 0.2) is 6.10 Å². The van der Waals surface area contributed by atoms with Gasteiger partial charge in [0.05, 0.1) is 40.0 Å². The highest BCUT2D eigenvalue weighted by molar-refractivity contribution is 7.45. The minimum atomic E-state index is -4.66. The molecule has 3 unspecified atom stereocenters. The molecule has 1 aliphatic rings. The van der Waals surface area contributed by atoms with Crippen LogP contribution in [0, 0.1) is 0 Å². The van der Waals surface area contributed by atoms with Gasteiger partial charge in [0.2, 0.25) is 0 Å². The van der Waals surface area contributed by atoms with E-state index in [2.05, 4.69) is 80.7 Å². The van der Waals surface area contributed by atoms with Crippen LogP contribution in [0.5, 0.6) is 0 Å². The number of carbonyl (C=O) groups excluding carboxylic acids is 2. The van der Waals surface area contributed by atoms with Crippen LogP contribution in [-0.2, 0) is 37.4 Å². The van der Waals surface area contributed by atoms with Crippen LogP contribution in [0.2, 0.25) is 0 Å². The van der Waals surface area contributed by atoms with Crippen molar-refractivity contribution < 1.29 is 46.8 Å². The van der Waals surface area contributed by atoms with Crippen molar-refractivity contribution in [2.24, 2.45) is 0 Å². The molecule has 0 aliphatic carbocycles. The zero-order valence-corrected chi connectivity index (χ0v) is 38.5. The molecule has 0 amide bonds. The Kier molecular flexibility index (Phi) is 33.3. The second kappa shape index (κ2) is 36.1. The normalized spacial score (nSPS) is 17.7. The van der Waals surface area contributed by atoms with Crippen molar-refractivity contribution >= 4 is 19.8 Å². The van der Waals surface area contributed by atoms with Gasteiger partial charge < -0.3 is 32.6 Å². The monoisotopic (exact) mass is 848 g/mol. The molecule has 0 aromatic rings. The first-order valence-corrected chi connectivity index (χ1v) is 24.2. The number of phosphoric acid groups is 1. The third-order valence-corrected chi connectivity index (χ3v) is 10.6. The lowest BCUT2D eigenvalue weighted by Crippen LogP contribution is -2.37. The average molecular weight is 848 g/mol. The molecule has 59 heavy (non-hydrogen) atoms. The number of esters is 2. The fourth-order valence-corrected chi connectivity index (χ4v) is 6.66. The van der Waals surface area contributed by atoms with E-state index in [0.29, 0.717) is 42.5 Å². The maximum Gasteiger partial charge on any atom is 0.306 e. The average Bonchev–Trinajstić information content (AvgIpc) is 3.94. The van der Waals surface area contributed by atoms with Gasteiger partial charge in [-0.25, -0.2) is 0 Å². The number of phosphoric ester groups is 1. The van der Waals surface area contributed by atoms with Crippen molar-refractivity contribution in [3.63, 3.8) is 0 Å². The number of allylic oxidation sites excluding steroid dienone is 11. The smallest absolute Gasteiger partial charge is 0.306 e. The molecule has 338 valence electrons. The number of epoxide rings is 1. The van der Waals surface area contributed by atoms with Gasteiger partial charge in [-0.15, -0.1) is 0 Å². The number of likely N-dealkylation sites (N-methyl/N-ethyl adjacent to an activating group) is 1. The van der Waals surface area contributed by atoms with E-state index in [9.17, 15) is 19.0 Å². The van der Waals surface area contributed by atoms with Gasteiger partial charge in [-0.3, -0.25) is 14.2 Å². The topological polar surface area (TPSA) is 124 Å². The Morgan fingerprint density at radius 2 is 1.14 bits per heavy atom. The molecule has 1 fully saturated rings. The van der Waals surface area contributed by atoms with Crippen molar-refractivity contribution in [2.75, 3.05) is 47.5 Å². The van der Waals surface area contributed by atoms with E-state index < -0.39 is 32.5 Å². The maximum atomic E-state index is 12.7. The van der Waals surface area contributed by atoms with Crippen molar-refractivity contribution in [1.82, 2.24) is 0 Å². The van der Waals surface area contributed by atoms with E-state index in [1.165, 1.54) is 64.2 Å². The molecule has 4 atom stereocenters. The third-order valence-electron chi connectivity index (χ3n) is 9.62. The van der Waals surface area contributed by atoms with E-state index in [-0.39, 0.29) is 26.1 Å². The lowest BCUT2D eigenvalue weighted by molar-refractivity contribution is -0.870. The van der Waals surface area contributed by atoms with Gasteiger partial charge in [-0.05, 0) is 77.0 Å². The predicted molar refractivity (Wildman–Crippen MR) is 240 cm³/mol. The lowest BCUT2D eigenvalue weighted by atomic mass is 10.1. The van der Waals surface area contributed by atoms with Crippen molar-refractivity contribution in [1.29, 1.82) is 0 Å². The first kappa shape index (κ1) is 54.4. The van der Waals surface area contributed by atoms with Crippen molar-refractivity contribution in [3.8, 4) is 0 Å². The summed E-state index contributed by atoms with van der Waals surface area (Å²) >= 11 is 0. The fraction of sp³-hybridized carbons (Fsp3) is 0.708. The van der Waals surface area contributed by atoms with Crippen molar-refractivity contribution in [2.45, 2.75) is 173 Å². The molecule has 11 heteroatoms. The quantitative estimate of drug-likeness (QED) is 0.0148. The Bertz CT molecular complexity index is 1300. The van der Waals surface area contributed by atoms with E-state index in [1.807, 2.05) is 27.2 Å². The van der Waals surface area contributed by atoms with Gasteiger partial charge >= 0.3 is 11.9 Å². The highest BCUT2D eigenvalue weighted by Crippen LogP contribution is 2.38. The molecule has 0 bridgehead atoms. The van der Waals surface area contributed by atoms with E-state index in [0.717, 1.165) is 44.9 Å². The third kappa shape index (κ3) is 36.9. The summed E-state index contributed by atoms with van der Waals surface area (Å²) in [6, 6.07) is 0. The highest BCUT2D eigenvalue weighted by Gasteiger charge is 2.36. The van der Waals surface area contributed by atoms with E-state index in [1.54, 1.807) is 0 Å². The number of nitrogens with zero attached hydrogens (tertiary/aromatic N) is 1. The predicted octanol–water partition coefficient (Wildman–Crippen LogP) is 11.4. The zero-order valence-electron chi connectivity index (χ0n) is 37.6. The van der Waals surface area contributed by atoms with Crippen LogP contribution in [0.15, 0.2) is 72.9 Å². The van der Waals surface area contributed by atoms with Crippen LogP contribution >= 0.6 is 7.82 Å². The molecule has 1 heterocycles. The zero-order chi connectivity index (χ0) is 43.3. The summed E-state index contributed by atoms with van der Waals surface area (Å²) < 4.78 is 39.5. The largest absolute Gasteiger partial charge is 0.756 e. The summed E-state index contributed by atoms with van der Waals surface area (Å²) in [5, 5.41) is 0. The first-order valence-electron chi connectivity index (χ1n) is 22.8. The summed E-state index contributed by atoms with van der Waals surface area (Å²) in [4.78, 5) is 37.5. The number of rotatable bonds is 39. The summed E-state index contributed by atoms with van der Waals surface area (Å²) in [6.07, 6.45) is 46.9. The second-order valence-corrected chi connectivity index (χ2v) is 17.9. The molecule has 1 aliphatic heterocycles. The van der Waals surface area contributed by atoms with Gasteiger partial charge in [0, 0.05) is 12.8 Å². The molecular formula is C48H82NO9P. The molecule has 1 rings (SSSR count). The Morgan fingerprint density at radius 1 is 0.627 bits per heavy atom. The molecule has 10 nitrogen and oxygen atoms in total. The Balaban J connectivity index is 2.35. The SMILES string of the molecule is CCCCCCCC/C=C\C/C=C\C/C=C\CCCC(=O)OC[C@H](COP(=O)([O-])OCC[N+](C)(C)C)OC(=O)CCC/C=C\C/C=C\C/C=C\CC1OC1CCCCC. The van der Waals surface area contributed by atoms with E-state index >= 15 is 0 Å². The number of quaternary nitrogens is 1. The maximum absolute atomic E-state index is 12.7. The minimum Gasteiger partial charge on any atom is -0.756 e. The summed E-state index contributed by atoms with van der Waals surface area (Å²) in [5.74, 6) is -0.973. The van der Waals surface area contributed by atoms with Crippen LogP contribution in [0.25, 0.3) is 0 Å². The second-order valence-electron chi connectivity index (χ2n) is 16.4. The molecule has 0 aromatic carbocycles. The van der Waals surface area contributed by atoms with Crippen LogP contribution in [0.3, 0.4) is 0 Å². The van der Waals surface area contributed by atoms with Crippen LogP contribution in [0.1, 0.15) is 155 Å². The highest BCUT2D eigenvalue weighted by atomic mass is 31.2. The summed E-state index contributed by atoms with van der Waals surface area (Å²) in [7, 11) is 1.09. The minimum absolute atomic E-state index is 0.0542. The van der Waals surface area contributed by atoms with E-state index in [4.69, 9.17) is 23.3 Å². The molecular weight excluding hydrogens is 765 g/mol. The molecule has 1 saturated heterocycles. The van der Waals surface area contributed by atoms with Crippen molar-refractivity contribution in [3.05, 3.63) is 72.9 Å². The van der Waals surface area contributed by atoms with Gasteiger partial charge in [0.1, 0.15) is 19.8 Å². The lowest BCUT2D eigenvalue weighted by Gasteiger charge is -2.28. The number of carbonyl (C=O) groups is 2. The summed E-state index contributed by atoms with van der Waals surface area (Å²) in [5.41, 5.74) is 0. The molecule has 0 aromatic heterocycles. The Labute approximate surface area is 359 Å². The van der Waals surface area contributed by atoms with Crippen LogP contribution in [0.4, 0.5) is 0 Å². The number of ether oxygens (including phenoxy) is 3. The number of unbranched alkanes of at least 4 members (excludes halogenated alkanes) is 10. The molecule has 0 radical (unpaired) electrons. The Morgan fingerprint density at radius 3 is 1.73 bits per heavy atom. The molecule has 0 saturated carbocycles. The first-order chi connectivity index (χ1) is 28.5. The Hall–Kier alpha value is -2.59. The van der Waals surface area contributed by atoms with Gasteiger partial charge in [0.25, 0.3) is 7.82 Å². The van der Waals surface area contributed by atoms with Crippen LogP contribution < -0.4 is 4.89 Å². The molecule has 0 spiro atoms. The molecule has 0 N–H and O–H groups in total. The summed E-state index contributed by atoms with van der Waals surface area (Å²) in [6.45, 7) is 4.04. The van der Waals surface area contributed by atoms with Gasteiger partial charge in [-0.1, -0.05) is 138 Å². The fourth-order valence-electron chi connectivity index (χ4n) is 5.93. The van der Waals surface area contributed by atoms with Gasteiger partial charge in [-0.2, -0.15) is 0 Å².